The van der Waals surface area contributed by atoms with Gasteiger partial charge in [-0.2, -0.15) is 17.9 Å². The minimum atomic E-state index is -5.01. The number of phenolic OH excluding ortho intramolecular Hbond substituents is 2. The first-order valence-corrected chi connectivity index (χ1v) is 6.90. The molecule has 3 aromatic rings. The summed E-state index contributed by atoms with van der Waals surface area (Å²) >= 11 is 0. The number of nitro groups is 1. The van der Waals surface area contributed by atoms with Crippen molar-refractivity contribution in [1.82, 2.24) is 20.2 Å². The predicted molar refractivity (Wildman–Crippen MR) is 78.5 cm³/mol. The molecule has 3 rings (SSSR count). The molecule has 140 valence electrons. The molecule has 2 N–H and O–H groups in total. The van der Waals surface area contributed by atoms with Crippen LogP contribution in [-0.4, -0.2) is 35.3 Å². The molecular weight excluding hydrogens is 377 g/mol. The number of alkyl halides is 3. The predicted octanol–water partition coefficient (Wildman–Crippen LogP) is 1.30. The van der Waals surface area contributed by atoms with Gasteiger partial charge in [-0.15, -0.1) is 15.0 Å². The minimum Gasteiger partial charge on any atom is -0.618 e. The standard InChI is InChI=1S/C13H7F3N6O5/c14-13(15,16)11-7(2-1-3-20(11)25)21-18-12(17-19-21)6-4-8(22(26)27)10(24)9(23)5-6/h1-5,23-24H. The molecule has 11 nitrogen and oxygen atoms in total. The van der Waals surface area contributed by atoms with Crippen LogP contribution < -0.4 is 4.73 Å². The van der Waals surface area contributed by atoms with E-state index in [-0.39, 0.29) is 11.4 Å². The van der Waals surface area contributed by atoms with Gasteiger partial charge in [0.2, 0.25) is 11.6 Å². The van der Waals surface area contributed by atoms with Gasteiger partial charge in [-0.1, -0.05) is 0 Å². The highest BCUT2D eigenvalue weighted by Crippen LogP contribution is 2.38. The molecule has 27 heavy (non-hydrogen) atoms. The zero-order valence-electron chi connectivity index (χ0n) is 12.8. The summed E-state index contributed by atoms with van der Waals surface area (Å²) in [5, 5.41) is 52.0. The van der Waals surface area contributed by atoms with E-state index in [1.165, 1.54) is 0 Å². The third kappa shape index (κ3) is 3.14. The lowest BCUT2D eigenvalue weighted by atomic mass is 10.1. The van der Waals surface area contributed by atoms with Crippen LogP contribution in [0.15, 0.2) is 30.5 Å². The number of aromatic hydroxyl groups is 2. The number of nitrogens with zero attached hydrogens (tertiary/aromatic N) is 6. The smallest absolute Gasteiger partial charge is 0.481 e. The Hall–Kier alpha value is -3.97. The fraction of sp³-hybridized carbons (Fsp3) is 0.0769. The largest absolute Gasteiger partial charge is 0.618 e. The average Bonchev–Trinajstić information content (AvgIpc) is 3.05. The lowest BCUT2D eigenvalue weighted by Gasteiger charge is -2.10. The molecule has 0 radical (unpaired) electrons. The highest BCUT2D eigenvalue weighted by molar-refractivity contribution is 5.68. The first-order valence-electron chi connectivity index (χ1n) is 6.90. The van der Waals surface area contributed by atoms with Crippen LogP contribution in [0.25, 0.3) is 17.1 Å². The Kier molecular flexibility index (Phi) is 4.02. The van der Waals surface area contributed by atoms with Crippen LogP contribution in [0, 0.1) is 15.3 Å². The van der Waals surface area contributed by atoms with Gasteiger partial charge in [-0.3, -0.25) is 10.1 Å². The Morgan fingerprint density at radius 2 is 1.96 bits per heavy atom. The van der Waals surface area contributed by atoms with E-state index in [2.05, 4.69) is 15.4 Å². The van der Waals surface area contributed by atoms with E-state index < -0.39 is 44.4 Å². The van der Waals surface area contributed by atoms with E-state index in [0.29, 0.717) is 11.0 Å². The third-order valence-electron chi connectivity index (χ3n) is 3.36. The number of pyridine rings is 1. The molecule has 0 spiro atoms. The van der Waals surface area contributed by atoms with Gasteiger partial charge in [0.05, 0.1) is 4.92 Å². The number of tetrazole rings is 1. The molecule has 2 aromatic heterocycles. The zero-order valence-corrected chi connectivity index (χ0v) is 12.8. The lowest BCUT2D eigenvalue weighted by molar-refractivity contribution is -0.628. The maximum Gasteiger partial charge on any atom is 0.481 e. The Morgan fingerprint density at radius 1 is 1.26 bits per heavy atom. The Labute approximate surface area is 146 Å². The topological polar surface area (TPSA) is 154 Å². The van der Waals surface area contributed by atoms with E-state index in [1.807, 2.05) is 0 Å². The van der Waals surface area contributed by atoms with E-state index in [1.54, 1.807) is 0 Å². The molecule has 0 atom stereocenters. The molecule has 0 aliphatic carbocycles. The van der Waals surface area contributed by atoms with Gasteiger partial charge in [0.1, 0.15) is 0 Å². The van der Waals surface area contributed by atoms with Gasteiger partial charge in [0.15, 0.2) is 17.6 Å². The average molecular weight is 384 g/mol. The molecule has 2 heterocycles. The van der Waals surface area contributed by atoms with Gasteiger partial charge in [0.25, 0.3) is 0 Å². The summed E-state index contributed by atoms with van der Waals surface area (Å²) in [5.41, 5.74) is -3.37. The highest BCUT2D eigenvalue weighted by atomic mass is 19.4. The second-order valence-electron chi connectivity index (χ2n) is 5.09. The second-order valence-corrected chi connectivity index (χ2v) is 5.09. The lowest BCUT2D eigenvalue weighted by Crippen LogP contribution is -2.38. The Balaban J connectivity index is 2.13. The van der Waals surface area contributed by atoms with Gasteiger partial charge in [-0.25, -0.2) is 0 Å². The van der Waals surface area contributed by atoms with Crippen molar-refractivity contribution < 1.29 is 33.0 Å². The summed E-state index contributed by atoms with van der Waals surface area (Å²) in [6, 6.07) is 3.64. The summed E-state index contributed by atoms with van der Waals surface area (Å²) in [6.45, 7) is 0. The molecule has 14 heteroatoms. The molecule has 0 aliphatic rings. The van der Waals surface area contributed by atoms with Gasteiger partial charge >= 0.3 is 17.6 Å². The third-order valence-corrected chi connectivity index (χ3v) is 3.36. The van der Waals surface area contributed by atoms with Crippen LogP contribution in [0.3, 0.4) is 0 Å². The maximum atomic E-state index is 13.1. The second kappa shape index (κ2) is 6.08. The number of phenols is 2. The summed E-state index contributed by atoms with van der Waals surface area (Å²) in [4.78, 5) is 10.3. The Morgan fingerprint density at radius 3 is 2.59 bits per heavy atom. The first kappa shape index (κ1) is 17.8. The van der Waals surface area contributed by atoms with Crippen LogP contribution in [-0.2, 0) is 6.18 Å². The van der Waals surface area contributed by atoms with Crippen molar-refractivity contribution >= 4 is 5.69 Å². The van der Waals surface area contributed by atoms with Crippen LogP contribution in [0.4, 0.5) is 18.9 Å². The summed E-state index contributed by atoms with van der Waals surface area (Å²) < 4.78 is 38.9. The van der Waals surface area contributed by atoms with Crippen LogP contribution in [0.2, 0.25) is 0 Å². The van der Waals surface area contributed by atoms with Crippen molar-refractivity contribution in [2.24, 2.45) is 0 Å². The summed E-state index contributed by atoms with van der Waals surface area (Å²) in [7, 11) is 0. The fourth-order valence-electron chi connectivity index (χ4n) is 2.21. The number of aromatic nitrogens is 5. The molecule has 0 fully saturated rings. The normalized spacial score (nSPS) is 11.5. The van der Waals surface area contributed by atoms with Crippen molar-refractivity contribution in [3.05, 3.63) is 51.5 Å². The monoisotopic (exact) mass is 384 g/mol. The summed E-state index contributed by atoms with van der Waals surface area (Å²) in [6.07, 6.45) is -4.37. The fourth-order valence-corrected chi connectivity index (χ4v) is 2.21. The Bertz CT molecular complexity index is 1050. The van der Waals surface area contributed by atoms with Crippen molar-refractivity contribution in [3.8, 4) is 28.6 Å². The van der Waals surface area contributed by atoms with Gasteiger partial charge in [-0.05, 0) is 17.3 Å². The molecule has 1 aromatic carbocycles. The molecule has 0 saturated heterocycles. The molecule has 0 unspecified atom stereocenters. The van der Waals surface area contributed by atoms with Gasteiger partial charge in [0, 0.05) is 17.7 Å². The van der Waals surface area contributed by atoms with Gasteiger partial charge < -0.3 is 15.4 Å². The van der Waals surface area contributed by atoms with Crippen LogP contribution in [0.5, 0.6) is 11.5 Å². The number of halogens is 3. The molecule has 0 saturated carbocycles. The van der Waals surface area contributed by atoms with E-state index in [4.69, 9.17) is 0 Å². The molecule has 0 aliphatic heterocycles. The minimum absolute atomic E-state index is 0.192. The SMILES string of the molecule is O=[N+]([O-])c1cc(-c2nnn(-c3ccc[n+]([O-])c3C(F)(F)F)n2)cc(O)c1O. The summed E-state index contributed by atoms with van der Waals surface area (Å²) in [5.74, 6) is -2.24. The van der Waals surface area contributed by atoms with Crippen LogP contribution in [0.1, 0.15) is 5.69 Å². The van der Waals surface area contributed by atoms with Crippen molar-refractivity contribution in [2.45, 2.75) is 6.18 Å². The maximum absolute atomic E-state index is 13.1. The number of nitro benzene ring substituents is 1. The van der Waals surface area contributed by atoms with E-state index >= 15 is 0 Å². The molecule has 0 amide bonds. The molecular formula is C13H7F3N6O5. The number of hydrogen-bond donors (Lipinski definition) is 2. The first-order chi connectivity index (χ1) is 12.6. The number of benzene rings is 1. The van der Waals surface area contributed by atoms with Crippen molar-refractivity contribution in [2.75, 3.05) is 0 Å². The van der Waals surface area contributed by atoms with E-state index in [9.17, 15) is 38.7 Å². The molecule has 0 bridgehead atoms. The number of hydrogen-bond acceptors (Lipinski definition) is 8. The highest BCUT2D eigenvalue weighted by Gasteiger charge is 2.44. The van der Waals surface area contributed by atoms with Crippen molar-refractivity contribution in [3.63, 3.8) is 0 Å². The quantitative estimate of drug-likeness (QED) is 0.225. The van der Waals surface area contributed by atoms with E-state index in [0.717, 1.165) is 24.3 Å². The van der Waals surface area contributed by atoms with Crippen molar-refractivity contribution in [1.29, 1.82) is 0 Å². The number of rotatable bonds is 3. The zero-order chi connectivity index (χ0) is 19.9. The van der Waals surface area contributed by atoms with Crippen LogP contribution >= 0.6 is 0 Å².